The lowest BCUT2D eigenvalue weighted by molar-refractivity contribution is -0.136. The maximum Gasteiger partial charge on any atom is 0.414 e. The van der Waals surface area contributed by atoms with Crippen molar-refractivity contribution in [3.05, 3.63) is 54.1 Å². The van der Waals surface area contributed by atoms with E-state index in [0.29, 0.717) is 22.7 Å². The Morgan fingerprint density at radius 3 is 2.61 bits per heavy atom. The highest BCUT2D eigenvalue weighted by atomic mass is 16.6. The highest BCUT2D eigenvalue weighted by Gasteiger charge is 2.33. The van der Waals surface area contributed by atoms with E-state index in [1.807, 2.05) is 0 Å². The number of hydrogen-bond acceptors (Lipinski definition) is 6. The van der Waals surface area contributed by atoms with Crippen LogP contribution in [0, 0.1) is 5.41 Å². The number of carbonyl (C=O) groups is 3. The van der Waals surface area contributed by atoms with Crippen molar-refractivity contribution in [2.45, 2.75) is 13.0 Å². The number of carbonyl (C=O) groups excluding carboxylic acids is 2. The second-order valence-corrected chi connectivity index (χ2v) is 6.88. The second kappa shape index (κ2) is 9.16. The SMILES string of the molecule is CC(=O)N(CC(=O)O)c1ccc(OCC2CN(c3cccc(C(=N)N)c3)C(=O)O2)cc1. The molecule has 0 aromatic heterocycles. The van der Waals surface area contributed by atoms with E-state index >= 15 is 0 Å². The first kappa shape index (κ1) is 21.6. The Labute approximate surface area is 178 Å². The molecule has 2 amide bonds. The normalized spacial score (nSPS) is 15.3. The molecule has 1 atom stereocenters. The van der Waals surface area contributed by atoms with Crippen LogP contribution in [0.25, 0.3) is 0 Å². The van der Waals surface area contributed by atoms with Gasteiger partial charge in [-0.2, -0.15) is 0 Å². The highest BCUT2D eigenvalue weighted by molar-refractivity contribution is 5.98. The van der Waals surface area contributed by atoms with E-state index in [1.54, 1.807) is 48.5 Å². The number of ether oxygens (including phenoxy) is 2. The fourth-order valence-electron chi connectivity index (χ4n) is 3.09. The topological polar surface area (TPSA) is 146 Å². The van der Waals surface area contributed by atoms with Gasteiger partial charge in [0.2, 0.25) is 5.91 Å². The molecule has 2 aromatic carbocycles. The molecular formula is C21H22N4O6. The number of rotatable bonds is 8. The van der Waals surface area contributed by atoms with Crippen LogP contribution in [0.5, 0.6) is 5.75 Å². The number of nitrogens with one attached hydrogen (secondary N) is 1. The monoisotopic (exact) mass is 426 g/mol. The number of carboxylic acids is 1. The first-order valence-electron chi connectivity index (χ1n) is 9.40. The molecule has 1 saturated heterocycles. The molecule has 2 aromatic rings. The molecule has 1 aliphatic rings. The van der Waals surface area contributed by atoms with Gasteiger partial charge in [-0.1, -0.05) is 12.1 Å². The van der Waals surface area contributed by atoms with E-state index < -0.39 is 24.7 Å². The third kappa shape index (κ3) is 5.30. The Morgan fingerprint density at radius 1 is 1.29 bits per heavy atom. The number of aliphatic carboxylic acids is 1. The van der Waals surface area contributed by atoms with Crippen LogP contribution in [0.3, 0.4) is 0 Å². The summed E-state index contributed by atoms with van der Waals surface area (Å²) in [7, 11) is 0. The Bertz CT molecular complexity index is 1010. The van der Waals surface area contributed by atoms with Crippen LogP contribution >= 0.6 is 0 Å². The van der Waals surface area contributed by atoms with Crippen LogP contribution in [0.2, 0.25) is 0 Å². The summed E-state index contributed by atoms with van der Waals surface area (Å²) < 4.78 is 11.0. The van der Waals surface area contributed by atoms with Crippen LogP contribution in [-0.2, 0) is 14.3 Å². The van der Waals surface area contributed by atoms with Gasteiger partial charge >= 0.3 is 12.1 Å². The third-order valence-electron chi connectivity index (χ3n) is 4.60. The first-order chi connectivity index (χ1) is 14.7. The van der Waals surface area contributed by atoms with Gasteiger partial charge in [-0.05, 0) is 36.4 Å². The number of carboxylic acid groups (broad SMARTS) is 1. The number of cyclic esters (lactones) is 1. The minimum absolute atomic E-state index is 0.0931. The second-order valence-electron chi connectivity index (χ2n) is 6.88. The van der Waals surface area contributed by atoms with Crippen molar-refractivity contribution in [1.82, 2.24) is 0 Å². The zero-order valence-corrected chi connectivity index (χ0v) is 16.8. The number of anilines is 2. The number of hydrogen-bond donors (Lipinski definition) is 3. The Morgan fingerprint density at radius 2 is 2.00 bits per heavy atom. The lowest BCUT2D eigenvalue weighted by Crippen LogP contribution is -2.33. The van der Waals surface area contributed by atoms with E-state index in [1.165, 1.54) is 11.8 Å². The molecule has 10 heteroatoms. The average molecular weight is 426 g/mol. The smallest absolute Gasteiger partial charge is 0.414 e. The van der Waals surface area contributed by atoms with E-state index in [9.17, 15) is 14.4 Å². The van der Waals surface area contributed by atoms with Gasteiger partial charge < -0.3 is 25.2 Å². The minimum Gasteiger partial charge on any atom is -0.490 e. The van der Waals surface area contributed by atoms with E-state index in [0.717, 1.165) is 4.90 Å². The van der Waals surface area contributed by atoms with Gasteiger partial charge in [-0.25, -0.2) is 4.79 Å². The molecule has 3 rings (SSSR count). The van der Waals surface area contributed by atoms with Gasteiger partial charge in [0.15, 0.2) is 6.10 Å². The summed E-state index contributed by atoms with van der Waals surface area (Å²) in [6, 6.07) is 13.1. The van der Waals surface area contributed by atoms with Gasteiger partial charge in [0, 0.05) is 23.9 Å². The Balaban J connectivity index is 1.60. The fourth-order valence-corrected chi connectivity index (χ4v) is 3.09. The van der Waals surface area contributed by atoms with Gasteiger partial charge in [0.05, 0.1) is 6.54 Å². The van der Waals surface area contributed by atoms with Crippen molar-refractivity contribution in [1.29, 1.82) is 5.41 Å². The predicted molar refractivity (Wildman–Crippen MR) is 113 cm³/mol. The van der Waals surface area contributed by atoms with Crippen molar-refractivity contribution in [3.8, 4) is 5.75 Å². The number of nitrogen functional groups attached to an aromatic ring is 1. The predicted octanol–water partition coefficient (Wildman–Crippen LogP) is 1.81. The maximum atomic E-state index is 12.2. The Hall–Kier alpha value is -4.08. The number of amides is 2. The zero-order chi connectivity index (χ0) is 22.5. The van der Waals surface area contributed by atoms with Crippen molar-refractivity contribution in [2.75, 3.05) is 29.5 Å². The van der Waals surface area contributed by atoms with Crippen molar-refractivity contribution >= 4 is 35.2 Å². The number of nitrogens with zero attached hydrogens (tertiary/aromatic N) is 2. The number of nitrogens with two attached hydrogens (primary N) is 1. The van der Waals surface area contributed by atoms with Gasteiger partial charge in [0.25, 0.3) is 0 Å². The molecule has 4 N–H and O–H groups in total. The van der Waals surface area contributed by atoms with Crippen molar-refractivity contribution < 1.29 is 29.0 Å². The van der Waals surface area contributed by atoms with Crippen LogP contribution in [-0.4, -0.2) is 54.7 Å². The summed E-state index contributed by atoms with van der Waals surface area (Å²) >= 11 is 0. The van der Waals surface area contributed by atoms with Crippen LogP contribution in [0.4, 0.5) is 16.2 Å². The Kier molecular flexibility index (Phi) is 6.39. The van der Waals surface area contributed by atoms with E-state index in [4.69, 9.17) is 25.7 Å². The number of amidine groups is 1. The molecule has 1 aliphatic heterocycles. The van der Waals surface area contributed by atoms with Gasteiger partial charge in [-0.15, -0.1) is 0 Å². The summed E-state index contributed by atoms with van der Waals surface area (Å²) in [5.41, 5.74) is 7.02. The molecule has 0 bridgehead atoms. The van der Waals surface area contributed by atoms with Crippen LogP contribution < -0.4 is 20.3 Å². The molecule has 0 saturated carbocycles. The fraction of sp³-hybridized carbons (Fsp3) is 0.238. The average Bonchev–Trinajstić information content (AvgIpc) is 3.11. The third-order valence-corrected chi connectivity index (χ3v) is 4.60. The van der Waals surface area contributed by atoms with Gasteiger partial charge in [0.1, 0.15) is 24.7 Å². The number of benzene rings is 2. The highest BCUT2D eigenvalue weighted by Crippen LogP contribution is 2.24. The molecule has 10 nitrogen and oxygen atoms in total. The summed E-state index contributed by atoms with van der Waals surface area (Å²) in [6.07, 6.45) is -1.02. The molecule has 0 radical (unpaired) electrons. The molecule has 0 aliphatic carbocycles. The standard InChI is InChI=1S/C21H22N4O6/c1-13(26)24(11-19(27)28)15-5-7-17(8-6-15)30-12-18-10-25(21(29)31-18)16-4-2-3-14(9-16)20(22)23/h2-9,18H,10-12H2,1H3,(H3,22,23)(H,27,28). The molecular weight excluding hydrogens is 404 g/mol. The maximum absolute atomic E-state index is 12.2. The largest absolute Gasteiger partial charge is 0.490 e. The van der Waals surface area contributed by atoms with Crippen molar-refractivity contribution in [2.24, 2.45) is 5.73 Å². The minimum atomic E-state index is -1.11. The lowest BCUT2D eigenvalue weighted by Gasteiger charge is -2.19. The van der Waals surface area contributed by atoms with Crippen molar-refractivity contribution in [3.63, 3.8) is 0 Å². The molecule has 0 spiro atoms. The van der Waals surface area contributed by atoms with Crippen LogP contribution in [0.15, 0.2) is 48.5 Å². The summed E-state index contributed by atoms with van der Waals surface area (Å²) in [6.45, 7) is 1.24. The molecule has 1 heterocycles. The van der Waals surface area contributed by atoms with E-state index in [-0.39, 0.29) is 24.9 Å². The quantitative estimate of drug-likeness (QED) is 0.431. The molecule has 162 valence electrons. The van der Waals surface area contributed by atoms with Gasteiger partial charge in [-0.3, -0.25) is 19.9 Å². The summed E-state index contributed by atoms with van der Waals surface area (Å²) in [5, 5.41) is 16.5. The molecule has 1 unspecified atom stereocenters. The zero-order valence-electron chi connectivity index (χ0n) is 16.8. The first-order valence-corrected chi connectivity index (χ1v) is 9.40. The molecule has 31 heavy (non-hydrogen) atoms. The lowest BCUT2D eigenvalue weighted by atomic mass is 10.1. The summed E-state index contributed by atoms with van der Waals surface area (Å²) in [4.78, 5) is 37.4. The molecule has 1 fully saturated rings. The van der Waals surface area contributed by atoms with Crippen LogP contribution in [0.1, 0.15) is 12.5 Å². The van der Waals surface area contributed by atoms with E-state index in [2.05, 4.69) is 0 Å². The summed E-state index contributed by atoms with van der Waals surface area (Å²) in [5.74, 6) is -1.11.